The summed E-state index contributed by atoms with van der Waals surface area (Å²) in [6.07, 6.45) is 0. The molecule has 1 amide bonds. The number of amides is 1. The zero-order valence-corrected chi connectivity index (χ0v) is 12.7. The summed E-state index contributed by atoms with van der Waals surface area (Å²) in [6, 6.07) is 2.80. The van der Waals surface area contributed by atoms with Crippen LogP contribution >= 0.6 is 0 Å². The number of hydrogen-bond donors (Lipinski definition) is 3. The van der Waals surface area contributed by atoms with Crippen molar-refractivity contribution in [2.45, 2.75) is 31.2 Å². The number of nitrogens with two attached hydrogens (primary N) is 2. The summed E-state index contributed by atoms with van der Waals surface area (Å²) in [4.78, 5) is 11.1. The molecule has 8 heteroatoms. The van der Waals surface area contributed by atoms with E-state index in [-0.39, 0.29) is 10.6 Å². The van der Waals surface area contributed by atoms with E-state index in [1.165, 1.54) is 33.1 Å². The maximum Gasteiger partial charge on any atom is 0.245 e. The van der Waals surface area contributed by atoms with Crippen molar-refractivity contribution in [2.24, 2.45) is 5.73 Å². The van der Waals surface area contributed by atoms with Crippen LogP contribution < -0.4 is 20.9 Å². The summed E-state index contributed by atoms with van der Waals surface area (Å²) in [7, 11) is -2.65. The number of nitrogen functional groups attached to an aromatic ring is 1. The molecule has 0 spiro atoms. The van der Waals surface area contributed by atoms with Crippen LogP contribution in [0.15, 0.2) is 17.0 Å². The molecule has 0 radical (unpaired) electrons. The van der Waals surface area contributed by atoms with Gasteiger partial charge < -0.3 is 16.2 Å². The van der Waals surface area contributed by atoms with Crippen LogP contribution in [0.25, 0.3) is 0 Å². The highest BCUT2D eigenvalue weighted by Gasteiger charge is 2.33. The molecule has 1 aromatic rings. The first kappa shape index (κ1) is 16.3. The number of rotatable bonds is 5. The summed E-state index contributed by atoms with van der Waals surface area (Å²) in [5, 5.41) is 0. The molecule has 0 aliphatic rings. The third kappa shape index (κ3) is 3.20. The minimum absolute atomic E-state index is 0.141. The highest BCUT2D eigenvalue weighted by atomic mass is 32.2. The van der Waals surface area contributed by atoms with Crippen molar-refractivity contribution in [3.63, 3.8) is 0 Å². The maximum atomic E-state index is 12.3. The second kappa shape index (κ2) is 5.29. The van der Waals surface area contributed by atoms with Gasteiger partial charge in [0.05, 0.1) is 7.11 Å². The number of ether oxygens (including phenoxy) is 1. The van der Waals surface area contributed by atoms with Crippen LogP contribution in [-0.4, -0.2) is 27.0 Å². The van der Waals surface area contributed by atoms with Crippen LogP contribution in [0.2, 0.25) is 0 Å². The molecule has 0 aliphatic heterocycles. The summed E-state index contributed by atoms with van der Waals surface area (Å²) in [6.45, 7) is 4.48. The third-order valence-electron chi connectivity index (χ3n) is 2.85. The first-order valence-corrected chi connectivity index (χ1v) is 7.27. The minimum Gasteiger partial charge on any atom is -0.495 e. The average molecular weight is 301 g/mol. The van der Waals surface area contributed by atoms with Gasteiger partial charge in [-0.1, -0.05) is 0 Å². The zero-order chi connectivity index (χ0) is 15.7. The lowest BCUT2D eigenvalue weighted by Gasteiger charge is -2.23. The van der Waals surface area contributed by atoms with Crippen molar-refractivity contribution in [1.82, 2.24) is 4.72 Å². The van der Waals surface area contributed by atoms with Crippen LogP contribution in [0.3, 0.4) is 0 Å². The molecule has 0 fully saturated rings. The summed E-state index contributed by atoms with van der Waals surface area (Å²) < 4.78 is 32.0. The van der Waals surface area contributed by atoms with E-state index in [1.54, 1.807) is 6.92 Å². The molecule has 7 nitrogen and oxygen atoms in total. The monoisotopic (exact) mass is 301 g/mol. The molecule has 0 heterocycles. The van der Waals surface area contributed by atoms with Crippen LogP contribution in [0.5, 0.6) is 5.75 Å². The molecule has 0 saturated heterocycles. The second-order valence-electron chi connectivity index (χ2n) is 4.95. The number of anilines is 1. The van der Waals surface area contributed by atoms with E-state index in [1.807, 2.05) is 0 Å². The molecule has 5 N–H and O–H groups in total. The SMILES string of the molecule is COc1cc(C)c(N)cc1S(=O)(=O)NC(C)(C)C(N)=O. The fraction of sp³-hybridized carbons (Fsp3) is 0.417. The quantitative estimate of drug-likeness (QED) is 0.667. The fourth-order valence-corrected chi connectivity index (χ4v) is 3.06. The predicted octanol–water partition coefficient (Wildman–Crippen LogP) is 0.128. The Kier molecular flexibility index (Phi) is 4.30. The Balaban J connectivity index is 3.36. The highest BCUT2D eigenvalue weighted by molar-refractivity contribution is 7.89. The highest BCUT2D eigenvalue weighted by Crippen LogP contribution is 2.29. The normalized spacial score (nSPS) is 12.2. The summed E-state index contributed by atoms with van der Waals surface area (Å²) in [5.74, 6) is -0.649. The summed E-state index contributed by atoms with van der Waals surface area (Å²) >= 11 is 0. The molecule has 20 heavy (non-hydrogen) atoms. The van der Waals surface area contributed by atoms with Gasteiger partial charge in [0.2, 0.25) is 15.9 Å². The maximum absolute atomic E-state index is 12.3. The number of hydrogen-bond acceptors (Lipinski definition) is 5. The smallest absolute Gasteiger partial charge is 0.245 e. The molecule has 0 atom stereocenters. The Labute approximate surface area is 118 Å². The number of aryl methyl sites for hydroxylation is 1. The Morgan fingerprint density at radius 2 is 1.90 bits per heavy atom. The predicted molar refractivity (Wildman–Crippen MR) is 75.7 cm³/mol. The molecule has 0 aliphatic carbocycles. The van der Waals surface area contributed by atoms with Gasteiger partial charge >= 0.3 is 0 Å². The van der Waals surface area contributed by atoms with E-state index in [9.17, 15) is 13.2 Å². The first-order valence-electron chi connectivity index (χ1n) is 5.79. The Morgan fingerprint density at radius 3 is 2.35 bits per heavy atom. The van der Waals surface area contributed by atoms with Crippen LogP contribution in [0.4, 0.5) is 5.69 Å². The van der Waals surface area contributed by atoms with Crippen LogP contribution in [0, 0.1) is 6.92 Å². The number of benzene rings is 1. The number of sulfonamides is 1. The minimum atomic E-state index is -4.00. The summed E-state index contributed by atoms with van der Waals surface area (Å²) in [5.41, 5.74) is 10.5. The van der Waals surface area contributed by atoms with Gasteiger partial charge in [0.15, 0.2) is 0 Å². The average Bonchev–Trinajstić information content (AvgIpc) is 2.30. The number of carbonyl (C=O) groups excluding carboxylic acids is 1. The lowest BCUT2D eigenvalue weighted by Crippen LogP contribution is -2.52. The molecule has 1 rings (SSSR count). The van der Waals surface area contributed by atoms with E-state index in [0.29, 0.717) is 11.3 Å². The van der Waals surface area contributed by atoms with Gasteiger partial charge in [0.25, 0.3) is 0 Å². The van der Waals surface area contributed by atoms with Gasteiger partial charge in [-0.2, -0.15) is 4.72 Å². The van der Waals surface area contributed by atoms with Crippen molar-refractivity contribution in [1.29, 1.82) is 0 Å². The van der Waals surface area contributed by atoms with Crippen molar-refractivity contribution in [3.8, 4) is 5.75 Å². The van der Waals surface area contributed by atoms with Gasteiger partial charge in [-0.05, 0) is 38.5 Å². The van der Waals surface area contributed by atoms with E-state index in [2.05, 4.69) is 4.72 Å². The largest absolute Gasteiger partial charge is 0.495 e. The molecule has 1 aromatic carbocycles. The van der Waals surface area contributed by atoms with E-state index in [0.717, 1.165) is 0 Å². The number of primary amides is 1. The molecule has 0 aromatic heterocycles. The Bertz CT molecular complexity index is 638. The second-order valence-corrected chi connectivity index (χ2v) is 6.61. The van der Waals surface area contributed by atoms with Crippen LogP contribution in [-0.2, 0) is 14.8 Å². The Hall–Kier alpha value is -1.80. The van der Waals surface area contributed by atoms with E-state index in [4.69, 9.17) is 16.2 Å². The van der Waals surface area contributed by atoms with Crippen molar-refractivity contribution >= 4 is 21.6 Å². The van der Waals surface area contributed by atoms with E-state index < -0.39 is 21.5 Å². The topological polar surface area (TPSA) is 125 Å². The number of carbonyl (C=O) groups is 1. The lowest BCUT2D eigenvalue weighted by molar-refractivity contribution is -0.122. The molecular formula is C12H19N3O4S. The van der Waals surface area contributed by atoms with Crippen molar-refractivity contribution < 1.29 is 17.9 Å². The van der Waals surface area contributed by atoms with Gasteiger partial charge in [0.1, 0.15) is 16.2 Å². The van der Waals surface area contributed by atoms with E-state index >= 15 is 0 Å². The molecular weight excluding hydrogens is 282 g/mol. The molecule has 0 bridgehead atoms. The lowest BCUT2D eigenvalue weighted by atomic mass is 10.1. The Morgan fingerprint density at radius 1 is 1.35 bits per heavy atom. The first-order chi connectivity index (χ1) is 9.01. The number of nitrogens with one attached hydrogen (secondary N) is 1. The van der Waals surface area contributed by atoms with Crippen LogP contribution in [0.1, 0.15) is 19.4 Å². The third-order valence-corrected chi connectivity index (χ3v) is 4.52. The van der Waals surface area contributed by atoms with Gasteiger partial charge in [-0.3, -0.25) is 4.79 Å². The standard InChI is InChI=1S/C12H19N3O4S/c1-7-5-9(19-4)10(6-8(7)13)20(17,18)15-12(2,3)11(14)16/h5-6,15H,13H2,1-4H3,(H2,14,16). The molecule has 0 saturated carbocycles. The fourth-order valence-electron chi connectivity index (χ4n) is 1.49. The molecule has 112 valence electrons. The number of methoxy groups -OCH3 is 1. The van der Waals surface area contributed by atoms with Gasteiger partial charge in [0, 0.05) is 5.69 Å². The molecule has 0 unspecified atom stereocenters. The zero-order valence-electron chi connectivity index (χ0n) is 11.9. The van der Waals surface area contributed by atoms with Crippen molar-refractivity contribution in [2.75, 3.05) is 12.8 Å². The van der Waals surface area contributed by atoms with Crippen molar-refractivity contribution in [3.05, 3.63) is 17.7 Å². The van der Waals surface area contributed by atoms with Gasteiger partial charge in [-0.25, -0.2) is 8.42 Å². The van der Waals surface area contributed by atoms with Gasteiger partial charge in [-0.15, -0.1) is 0 Å².